The fourth-order valence-electron chi connectivity index (χ4n) is 3.69. The quantitative estimate of drug-likeness (QED) is 0.399. The number of piperazine rings is 1. The summed E-state index contributed by atoms with van der Waals surface area (Å²) in [7, 11) is 1.51. The van der Waals surface area contributed by atoms with E-state index < -0.39 is 18.4 Å². The number of carbonyl (C=O) groups excluding carboxylic acids is 3. The normalized spacial score (nSPS) is 13.6. The highest BCUT2D eigenvalue weighted by molar-refractivity contribution is 5.94. The fraction of sp³-hybridized carbons (Fsp3) is 0.346. The topological polar surface area (TPSA) is 85.4 Å². The van der Waals surface area contributed by atoms with Crippen molar-refractivity contribution < 1.29 is 33.0 Å². The Hall–Kier alpha value is -3.88. The maximum atomic E-state index is 14.4. The van der Waals surface area contributed by atoms with E-state index in [1.54, 1.807) is 29.2 Å². The van der Waals surface area contributed by atoms with E-state index in [0.717, 1.165) is 5.56 Å². The Morgan fingerprint density at radius 1 is 1.00 bits per heavy atom. The van der Waals surface area contributed by atoms with Crippen LogP contribution in [0.3, 0.4) is 0 Å². The zero-order valence-electron chi connectivity index (χ0n) is 20.1. The summed E-state index contributed by atoms with van der Waals surface area (Å²) in [5.74, 6) is -0.812. The number of benzene rings is 2. The molecule has 8 nitrogen and oxygen atoms in total. The van der Waals surface area contributed by atoms with Crippen molar-refractivity contribution in [3.63, 3.8) is 0 Å². The molecule has 0 aromatic heterocycles. The number of halogens is 1. The number of ketones is 1. The van der Waals surface area contributed by atoms with Gasteiger partial charge in [-0.25, -0.2) is 9.18 Å². The molecule has 186 valence electrons. The molecule has 1 aliphatic rings. The van der Waals surface area contributed by atoms with Crippen LogP contribution >= 0.6 is 0 Å². The molecule has 0 atom stereocenters. The van der Waals surface area contributed by atoms with Crippen LogP contribution in [0.15, 0.2) is 42.5 Å². The molecule has 1 fully saturated rings. The third kappa shape index (κ3) is 6.81. The number of carbonyl (C=O) groups is 3. The van der Waals surface area contributed by atoms with Gasteiger partial charge >= 0.3 is 5.97 Å². The van der Waals surface area contributed by atoms with Crippen molar-refractivity contribution in [2.75, 3.05) is 51.4 Å². The zero-order valence-corrected chi connectivity index (χ0v) is 20.1. The Balaban J connectivity index is 1.44. The minimum absolute atomic E-state index is 0.202. The molecule has 0 N–H and O–H groups in total. The lowest BCUT2D eigenvalue weighted by atomic mass is 10.1. The van der Waals surface area contributed by atoms with Gasteiger partial charge in [0.15, 0.2) is 30.5 Å². The Morgan fingerprint density at radius 3 is 2.37 bits per heavy atom. The van der Waals surface area contributed by atoms with Crippen molar-refractivity contribution in [3.8, 4) is 11.5 Å². The average Bonchev–Trinajstić information content (AvgIpc) is 2.86. The van der Waals surface area contributed by atoms with Crippen LogP contribution in [0.5, 0.6) is 11.5 Å². The lowest BCUT2D eigenvalue weighted by Gasteiger charge is -2.36. The summed E-state index contributed by atoms with van der Waals surface area (Å²) in [6.07, 6.45) is 3.81. The van der Waals surface area contributed by atoms with Crippen molar-refractivity contribution in [2.24, 2.45) is 0 Å². The molecule has 3 rings (SSSR count). The molecule has 1 heterocycles. The molecular formula is C26H29FN2O6. The second kappa shape index (κ2) is 12.0. The van der Waals surface area contributed by atoms with Gasteiger partial charge in [-0.1, -0.05) is 18.2 Å². The first kappa shape index (κ1) is 25.7. The van der Waals surface area contributed by atoms with Gasteiger partial charge in [-0.05, 0) is 49.7 Å². The number of anilines is 1. The second-order valence-corrected chi connectivity index (χ2v) is 7.95. The SMILES string of the molecule is CC=Cc1ccc(OCC(=O)OCC(=O)N2CCN(c3ccc(C(C)=O)cc3F)CC2)c(OC)c1. The minimum atomic E-state index is -0.677. The third-order valence-corrected chi connectivity index (χ3v) is 5.58. The number of allylic oxidation sites excluding steroid dienone is 1. The summed E-state index contributed by atoms with van der Waals surface area (Å²) in [5, 5.41) is 0. The predicted molar refractivity (Wildman–Crippen MR) is 129 cm³/mol. The lowest BCUT2D eigenvalue weighted by molar-refractivity contribution is -0.153. The maximum absolute atomic E-state index is 14.4. The second-order valence-electron chi connectivity index (χ2n) is 7.95. The van der Waals surface area contributed by atoms with Crippen molar-refractivity contribution in [1.29, 1.82) is 0 Å². The number of rotatable bonds is 9. The Bertz CT molecular complexity index is 1110. The van der Waals surface area contributed by atoms with Gasteiger partial charge in [0.2, 0.25) is 0 Å². The first-order valence-electron chi connectivity index (χ1n) is 11.2. The number of ether oxygens (including phenoxy) is 3. The van der Waals surface area contributed by atoms with Crippen LogP contribution in [0.2, 0.25) is 0 Å². The van der Waals surface area contributed by atoms with Gasteiger partial charge < -0.3 is 24.0 Å². The van der Waals surface area contributed by atoms with Crippen LogP contribution in [0.25, 0.3) is 6.08 Å². The van der Waals surface area contributed by atoms with E-state index in [-0.39, 0.29) is 18.3 Å². The zero-order chi connectivity index (χ0) is 25.4. The molecule has 9 heteroatoms. The number of esters is 1. The van der Waals surface area contributed by atoms with E-state index in [1.807, 2.05) is 30.0 Å². The number of hydrogen-bond acceptors (Lipinski definition) is 7. The average molecular weight is 485 g/mol. The maximum Gasteiger partial charge on any atom is 0.344 e. The highest BCUT2D eigenvalue weighted by Gasteiger charge is 2.24. The van der Waals surface area contributed by atoms with Crippen molar-refractivity contribution in [2.45, 2.75) is 13.8 Å². The molecule has 0 unspecified atom stereocenters. The summed E-state index contributed by atoms with van der Waals surface area (Å²) < 4.78 is 30.2. The molecule has 0 aliphatic carbocycles. The Labute approximate surface area is 203 Å². The largest absolute Gasteiger partial charge is 0.493 e. The molecule has 0 bridgehead atoms. The van der Waals surface area contributed by atoms with E-state index in [2.05, 4.69) is 0 Å². The Kier molecular flexibility index (Phi) is 8.83. The van der Waals surface area contributed by atoms with Crippen LogP contribution < -0.4 is 14.4 Å². The molecule has 0 saturated carbocycles. The van der Waals surface area contributed by atoms with Gasteiger partial charge in [0.05, 0.1) is 12.8 Å². The molecule has 1 amide bonds. The molecule has 0 spiro atoms. The Morgan fingerprint density at radius 2 is 1.74 bits per heavy atom. The van der Waals surface area contributed by atoms with E-state index in [9.17, 15) is 18.8 Å². The van der Waals surface area contributed by atoms with Crippen molar-refractivity contribution in [3.05, 3.63) is 59.4 Å². The summed E-state index contributed by atoms with van der Waals surface area (Å²) in [6, 6.07) is 9.70. The number of methoxy groups -OCH3 is 1. The third-order valence-electron chi connectivity index (χ3n) is 5.58. The molecule has 0 radical (unpaired) electrons. The van der Waals surface area contributed by atoms with Crippen LogP contribution in [0, 0.1) is 5.82 Å². The highest BCUT2D eigenvalue weighted by Crippen LogP contribution is 2.28. The summed E-state index contributed by atoms with van der Waals surface area (Å²) in [4.78, 5) is 39.3. The van der Waals surface area contributed by atoms with Crippen LogP contribution in [0.4, 0.5) is 10.1 Å². The van der Waals surface area contributed by atoms with Crippen LogP contribution in [-0.2, 0) is 14.3 Å². The van der Waals surface area contributed by atoms with Gasteiger partial charge in [0.1, 0.15) is 5.82 Å². The van der Waals surface area contributed by atoms with E-state index in [4.69, 9.17) is 14.2 Å². The number of nitrogens with zero attached hydrogens (tertiary/aromatic N) is 2. The predicted octanol–water partition coefficient (Wildman–Crippen LogP) is 3.34. The lowest BCUT2D eigenvalue weighted by Crippen LogP contribution is -2.50. The first-order valence-corrected chi connectivity index (χ1v) is 11.2. The standard InChI is InChI=1S/C26H29FN2O6/c1-4-5-19-6-9-23(24(14-19)33-3)34-17-26(32)35-16-25(31)29-12-10-28(11-13-29)22-8-7-20(18(2)30)15-21(22)27/h4-9,14-15H,10-13,16-17H2,1-3H3. The van der Waals surface area contributed by atoms with Gasteiger partial charge in [0, 0.05) is 31.7 Å². The summed E-state index contributed by atoms with van der Waals surface area (Å²) >= 11 is 0. The summed E-state index contributed by atoms with van der Waals surface area (Å²) in [5.41, 5.74) is 1.63. The van der Waals surface area contributed by atoms with Gasteiger partial charge in [-0.15, -0.1) is 0 Å². The number of Topliss-reactive ketones (excluding diaryl/α,β-unsaturated/α-hetero) is 1. The van der Waals surface area contributed by atoms with E-state index in [0.29, 0.717) is 48.9 Å². The molecular weight excluding hydrogens is 455 g/mol. The number of amides is 1. The minimum Gasteiger partial charge on any atom is -0.493 e. The van der Waals surface area contributed by atoms with Crippen LogP contribution in [-0.4, -0.2) is 69.1 Å². The van der Waals surface area contributed by atoms with Gasteiger partial charge in [-0.3, -0.25) is 9.59 Å². The van der Waals surface area contributed by atoms with E-state index >= 15 is 0 Å². The molecule has 1 saturated heterocycles. The highest BCUT2D eigenvalue weighted by atomic mass is 19.1. The first-order chi connectivity index (χ1) is 16.8. The van der Waals surface area contributed by atoms with Crippen molar-refractivity contribution in [1.82, 2.24) is 4.90 Å². The van der Waals surface area contributed by atoms with E-state index in [1.165, 1.54) is 20.1 Å². The molecule has 35 heavy (non-hydrogen) atoms. The number of hydrogen-bond donors (Lipinski definition) is 0. The molecule has 2 aromatic carbocycles. The molecule has 2 aromatic rings. The van der Waals surface area contributed by atoms with Crippen molar-refractivity contribution >= 4 is 29.4 Å². The smallest absolute Gasteiger partial charge is 0.344 e. The summed E-state index contributed by atoms with van der Waals surface area (Å²) in [6.45, 7) is 4.08. The monoisotopic (exact) mass is 484 g/mol. The van der Waals surface area contributed by atoms with Gasteiger partial charge in [-0.2, -0.15) is 0 Å². The van der Waals surface area contributed by atoms with Gasteiger partial charge in [0.25, 0.3) is 5.91 Å². The van der Waals surface area contributed by atoms with Crippen LogP contribution in [0.1, 0.15) is 29.8 Å². The molecule has 1 aliphatic heterocycles. The fourth-order valence-corrected chi connectivity index (χ4v) is 3.69.